The normalized spacial score (nSPS) is 23.8. The van der Waals surface area contributed by atoms with Crippen molar-refractivity contribution >= 4 is 28.5 Å². The number of thioether (sulfide) groups is 1. The maximum absolute atomic E-state index is 12.4. The van der Waals surface area contributed by atoms with Crippen LogP contribution in [0.15, 0.2) is 72.1 Å². The molecule has 1 amide bonds. The van der Waals surface area contributed by atoms with E-state index in [1.807, 2.05) is 36.5 Å². The van der Waals surface area contributed by atoms with Gasteiger partial charge in [-0.1, -0.05) is 61.2 Å². The molecule has 31 heavy (non-hydrogen) atoms. The topological polar surface area (TPSA) is 72.0 Å². The summed E-state index contributed by atoms with van der Waals surface area (Å²) in [7, 11) is 0. The minimum Gasteiger partial charge on any atom is -0.325 e. The SMILES string of the molecule is CCc1ccc(NC(=O)CSC2=NNC3C4CC(c5ccccc5)NN4C=CN23)cc1. The molecule has 1 saturated heterocycles. The average Bonchev–Trinajstić information content (AvgIpc) is 3.43. The molecule has 3 N–H and O–H groups in total. The number of benzene rings is 2. The molecule has 0 aliphatic carbocycles. The van der Waals surface area contributed by atoms with Gasteiger partial charge in [-0.25, -0.2) is 5.43 Å². The van der Waals surface area contributed by atoms with Gasteiger partial charge in [-0.05, 0) is 36.1 Å². The quantitative estimate of drug-likeness (QED) is 0.671. The van der Waals surface area contributed by atoms with Gasteiger partial charge in [0.15, 0.2) is 5.17 Å². The summed E-state index contributed by atoms with van der Waals surface area (Å²) in [6, 6.07) is 19.0. The molecule has 7 nitrogen and oxygen atoms in total. The number of nitrogens with zero attached hydrogens (tertiary/aromatic N) is 3. The van der Waals surface area contributed by atoms with Crippen LogP contribution in [0.4, 0.5) is 5.69 Å². The highest BCUT2D eigenvalue weighted by Crippen LogP contribution is 2.35. The number of hydrazine groups is 1. The van der Waals surface area contributed by atoms with E-state index in [1.54, 1.807) is 0 Å². The van der Waals surface area contributed by atoms with Crippen LogP contribution in [0.2, 0.25) is 0 Å². The molecule has 160 valence electrons. The minimum atomic E-state index is -0.0327. The van der Waals surface area contributed by atoms with Crippen molar-refractivity contribution in [1.29, 1.82) is 0 Å². The number of aryl methyl sites for hydroxylation is 1. The molecule has 3 aliphatic heterocycles. The second kappa shape index (κ2) is 8.64. The van der Waals surface area contributed by atoms with Crippen LogP contribution >= 0.6 is 11.8 Å². The molecule has 2 aromatic rings. The van der Waals surface area contributed by atoms with E-state index >= 15 is 0 Å². The smallest absolute Gasteiger partial charge is 0.234 e. The number of amidine groups is 1. The molecule has 3 aliphatic rings. The second-order valence-corrected chi connectivity index (χ2v) is 8.81. The lowest BCUT2D eigenvalue weighted by molar-refractivity contribution is -0.113. The van der Waals surface area contributed by atoms with Crippen molar-refractivity contribution in [3.05, 3.63) is 78.1 Å². The van der Waals surface area contributed by atoms with Gasteiger partial charge in [0.2, 0.25) is 5.91 Å². The van der Waals surface area contributed by atoms with Crippen LogP contribution in [0.5, 0.6) is 0 Å². The number of fused-ring (bicyclic) bond motifs is 3. The Balaban J connectivity index is 1.16. The molecule has 0 spiro atoms. The number of amides is 1. The summed E-state index contributed by atoms with van der Waals surface area (Å²) in [5, 5.41) is 10.5. The third kappa shape index (κ3) is 4.13. The molecular weight excluding hydrogens is 408 g/mol. The second-order valence-electron chi connectivity index (χ2n) is 7.86. The predicted octanol–water partition coefficient (Wildman–Crippen LogP) is 3.23. The lowest BCUT2D eigenvalue weighted by Gasteiger charge is -2.36. The molecule has 3 atom stereocenters. The van der Waals surface area contributed by atoms with Crippen molar-refractivity contribution in [2.45, 2.75) is 38.0 Å². The summed E-state index contributed by atoms with van der Waals surface area (Å²) in [5.41, 5.74) is 10.2. The summed E-state index contributed by atoms with van der Waals surface area (Å²) in [6.45, 7) is 2.12. The Labute approximate surface area is 186 Å². The maximum atomic E-state index is 12.4. The van der Waals surface area contributed by atoms with Gasteiger partial charge in [-0.15, -0.1) is 0 Å². The molecule has 0 aromatic heterocycles. The fourth-order valence-corrected chi connectivity index (χ4v) is 4.98. The molecule has 1 fully saturated rings. The van der Waals surface area contributed by atoms with E-state index in [0.29, 0.717) is 5.75 Å². The van der Waals surface area contributed by atoms with Crippen LogP contribution < -0.4 is 16.2 Å². The predicted molar refractivity (Wildman–Crippen MR) is 125 cm³/mol. The molecule has 2 aromatic carbocycles. The van der Waals surface area contributed by atoms with Crippen LogP contribution in [0, 0.1) is 0 Å². The van der Waals surface area contributed by atoms with E-state index in [0.717, 1.165) is 23.7 Å². The standard InChI is InChI=1S/C23H26N6OS/c1-2-16-8-10-18(11-9-16)24-21(30)15-31-23-26-25-22-20-14-19(17-6-4-3-5-7-17)27-29(20)13-12-28(22)23/h3-13,19-20,22,25,27H,2,14-15H2,1H3,(H,24,30). The molecule has 0 saturated carbocycles. The number of hydrazone groups is 1. The Kier molecular flexibility index (Phi) is 5.57. The number of carbonyl (C=O) groups is 1. The fourth-order valence-electron chi connectivity index (χ4n) is 4.20. The number of carbonyl (C=O) groups excluding carboxylic acids is 1. The van der Waals surface area contributed by atoms with E-state index in [4.69, 9.17) is 0 Å². The van der Waals surface area contributed by atoms with Crippen molar-refractivity contribution in [3.63, 3.8) is 0 Å². The van der Waals surface area contributed by atoms with Gasteiger partial charge in [0, 0.05) is 18.1 Å². The zero-order valence-electron chi connectivity index (χ0n) is 17.4. The van der Waals surface area contributed by atoms with Crippen LogP contribution in [0.1, 0.15) is 30.5 Å². The molecule has 3 unspecified atom stereocenters. The van der Waals surface area contributed by atoms with Gasteiger partial charge >= 0.3 is 0 Å². The Bertz CT molecular complexity index is 993. The Morgan fingerprint density at radius 3 is 2.74 bits per heavy atom. The average molecular weight is 435 g/mol. The Hall–Kier alpha value is -2.97. The molecule has 0 bridgehead atoms. The van der Waals surface area contributed by atoms with Crippen LogP contribution in [0.25, 0.3) is 0 Å². The number of anilines is 1. The van der Waals surface area contributed by atoms with E-state index in [9.17, 15) is 4.79 Å². The number of nitrogens with one attached hydrogen (secondary N) is 3. The third-order valence-electron chi connectivity index (χ3n) is 5.89. The summed E-state index contributed by atoms with van der Waals surface area (Å²) in [5.74, 6) is 0.279. The molecule has 8 heteroatoms. The fraction of sp³-hybridized carbons (Fsp3) is 0.304. The highest BCUT2D eigenvalue weighted by Gasteiger charge is 2.44. The summed E-state index contributed by atoms with van der Waals surface area (Å²) < 4.78 is 0. The van der Waals surface area contributed by atoms with Crippen LogP contribution in [-0.2, 0) is 11.2 Å². The molecular formula is C23H26N6OS. The molecule has 0 radical (unpaired) electrons. The number of hydrogen-bond acceptors (Lipinski definition) is 7. The van der Waals surface area contributed by atoms with Crippen molar-refractivity contribution in [2.24, 2.45) is 5.10 Å². The first-order valence-corrected chi connectivity index (χ1v) is 11.6. The van der Waals surface area contributed by atoms with E-state index in [-0.39, 0.29) is 24.2 Å². The Morgan fingerprint density at radius 1 is 1.16 bits per heavy atom. The first-order chi connectivity index (χ1) is 15.2. The first kappa shape index (κ1) is 20.0. The third-order valence-corrected chi connectivity index (χ3v) is 6.85. The van der Waals surface area contributed by atoms with Crippen molar-refractivity contribution in [1.82, 2.24) is 20.8 Å². The highest BCUT2D eigenvalue weighted by atomic mass is 32.2. The van der Waals surface area contributed by atoms with E-state index < -0.39 is 0 Å². The number of hydrogen-bond donors (Lipinski definition) is 3. The van der Waals surface area contributed by atoms with Gasteiger partial charge in [0.1, 0.15) is 6.17 Å². The van der Waals surface area contributed by atoms with E-state index in [1.165, 1.54) is 22.9 Å². The van der Waals surface area contributed by atoms with Crippen molar-refractivity contribution < 1.29 is 4.79 Å². The lowest BCUT2D eigenvalue weighted by Crippen LogP contribution is -2.54. The van der Waals surface area contributed by atoms with Crippen LogP contribution in [-0.4, -0.2) is 38.9 Å². The van der Waals surface area contributed by atoms with Gasteiger partial charge in [-0.3, -0.25) is 10.2 Å². The molecule has 3 heterocycles. The lowest BCUT2D eigenvalue weighted by atomic mass is 10.00. The van der Waals surface area contributed by atoms with Gasteiger partial charge < -0.3 is 15.2 Å². The highest BCUT2D eigenvalue weighted by molar-refractivity contribution is 8.14. The zero-order chi connectivity index (χ0) is 21.2. The zero-order valence-corrected chi connectivity index (χ0v) is 18.2. The summed E-state index contributed by atoms with van der Waals surface area (Å²) in [4.78, 5) is 14.5. The van der Waals surface area contributed by atoms with Gasteiger partial charge in [0.25, 0.3) is 0 Å². The summed E-state index contributed by atoms with van der Waals surface area (Å²) >= 11 is 1.45. The van der Waals surface area contributed by atoms with E-state index in [2.05, 4.69) is 68.6 Å². The van der Waals surface area contributed by atoms with Crippen molar-refractivity contribution in [3.8, 4) is 0 Å². The van der Waals surface area contributed by atoms with Gasteiger partial charge in [-0.2, -0.15) is 5.10 Å². The summed E-state index contributed by atoms with van der Waals surface area (Å²) in [6.07, 6.45) is 6.10. The van der Waals surface area contributed by atoms with Crippen LogP contribution in [0.3, 0.4) is 0 Å². The first-order valence-electron chi connectivity index (χ1n) is 10.6. The number of rotatable bonds is 5. The monoisotopic (exact) mass is 434 g/mol. The van der Waals surface area contributed by atoms with Gasteiger partial charge in [0.05, 0.1) is 17.8 Å². The minimum absolute atomic E-state index is 0.0327. The Morgan fingerprint density at radius 2 is 1.97 bits per heavy atom. The van der Waals surface area contributed by atoms with Crippen molar-refractivity contribution in [2.75, 3.05) is 11.1 Å². The molecule has 5 rings (SSSR count). The largest absolute Gasteiger partial charge is 0.325 e. The maximum Gasteiger partial charge on any atom is 0.234 e.